The molecule has 0 aromatic heterocycles. The SMILES string of the molecule is CCC(CCC(CC)C(C)(C)C(C)CC)C(C)C. The molecule has 0 heterocycles. The molecule has 0 fully saturated rings. The Morgan fingerprint density at radius 2 is 1.33 bits per heavy atom. The molecule has 0 aliphatic carbocycles. The second-order valence-electron chi connectivity index (χ2n) is 7.23. The molecule has 0 saturated heterocycles. The van der Waals surface area contributed by atoms with Gasteiger partial charge < -0.3 is 0 Å². The minimum Gasteiger partial charge on any atom is -0.0651 e. The Kier molecular flexibility index (Phi) is 8.23. The van der Waals surface area contributed by atoms with Crippen LogP contribution >= 0.6 is 0 Å². The van der Waals surface area contributed by atoms with Crippen LogP contribution < -0.4 is 0 Å². The average Bonchev–Trinajstić information content (AvgIpc) is 2.32. The second-order valence-corrected chi connectivity index (χ2v) is 7.23. The molecule has 0 saturated carbocycles. The molecule has 0 amide bonds. The zero-order chi connectivity index (χ0) is 14.3. The quantitative estimate of drug-likeness (QED) is 0.438. The van der Waals surface area contributed by atoms with Gasteiger partial charge in [-0.25, -0.2) is 0 Å². The van der Waals surface area contributed by atoms with E-state index in [2.05, 4.69) is 55.4 Å². The van der Waals surface area contributed by atoms with Gasteiger partial charge in [-0.1, -0.05) is 74.7 Å². The van der Waals surface area contributed by atoms with Crippen molar-refractivity contribution in [2.24, 2.45) is 29.1 Å². The highest BCUT2D eigenvalue weighted by molar-refractivity contribution is 4.82. The molecule has 0 bridgehead atoms. The van der Waals surface area contributed by atoms with E-state index in [1.54, 1.807) is 0 Å². The van der Waals surface area contributed by atoms with Gasteiger partial charge in [0.1, 0.15) is 0 Å². The van der Waals surface area contributed by atoms with E-state index in [1.807, 2.05) is 0 Å². The van der Waals surface area contributed by atoms with Crippen LogP contribution in [-0.2, 0) is 0 Å². The first-order valence-corrected chi connectivity index (χ1v) is 8.31. The van der Waals surface area contributed by atoms with Gasteiger partial charge in [-0.2, -0.15) is 0 Å². The Hall–Kier alpha value is 0. The molecule has 3 unspecified atom stereocenters. The van der Waals surface area contributed by atoms with Crippen LogP contribution in [-0.4, -0.2) is 0 Å². The summed E-state index contributed by atoms with van der Waals surface area (Å²) in [5.41, 5.74) is 0.499. The summed E-state index contributed by atoms with van der Waals surface area (Å²) in [4.78, 5) is 0. The number of rotatable bonds is 9. The van der Waals surface area contributed by atoms with Crippen molar-refractivity contribution in [1.82, 2.24) is 0 Å². The fraction of sp³-hybridized carbons (Fsp3) is 1.00. The van der Waals surface area contributed by atoms with Crippen LogP contribution in [0.2, 0.25) is 0 Å². The van der Waals surface area contributed by atoms with Crippen molar-refractivity contribution >= 4 is 0 Å². The molecule has 0 aromatic rings. The second kappa shape index (κ2) is 8.23. The third kappa shape index (κ3) is 4.94. The molecule has 0 N–H and O–H groups in total. The summed E-state index contributed by atoms with van der Waals surface area (Å²) in [7, 11) is 0. The summed E-state index contributed by atoms with van der Waals surface area (Å²) in [5, 5.41) is 0. The largest absolute Gasteiger partial charge is 0.0651 e. The van der Waals surface area contributed by atoms with Crippen LogP contribution in [0.5, 0.6) is 0 Å². The van der Waals surface area contributed by atoms with Crippen molar-refractivity contribution in [2.45, 2.75) is 87.5 Å². The molecule has 0 spiro atoms. The minimum absolute atomic E-state index is 0.499. The summed E-state index contributed by atoms with van der Waals surface area (Å²) in [6.45, 7) is 19.3. The number of hydrogen-bond acceptors (Lipinski definition) is 0. The van der Waals surface area contributed by atoms with Gasteiger partial charge in [0, 0.05) is 0 Å². The van der Waals surface area contributed by atoms with Crippen LogP contribution in [0, 0.1) is 29.1 Å². The van der Waals surface area contributed by atoms with Crippen LogP contribution in [0.25, 0.3) is 0 Å². The molecular formula is C18H38. The summed E-state index contributed by atoms with van der Waals surface area (Å²) in [5.74, 6) is 3.49. The summed E-state index contributed by atoms with van der Waals surface area (Å²) >= 11 is 0. The molecule has 110 valence electrons. The monoisotopic (exact) mass is 254 g/mol. The molecule has 0 aliphatic rings. The van der Waals surface area contributed by atoms with E-state index in [9.17, 15) is 0 Å². The van der Waals surface area contributed by atoms with Gasteiger partial charge >= 0.3 is 0 Å². The lowest BCUT2D eigenvalue weighted by Crippen LogP contribution is -2.31. The molecule has 0 radical (unpaired) electrons. The van der Waals surface area contributed by atoms with E-state index in [4.69, 9.17) is 0 Å². The van der Waals surface area contributed by atoms with Crippen LogP contribution in [0.15, 0.2) is 0 Å². The third-order valence-corrected chi connectivity index (χ3v) is 5.78. The maximum absolute atomic E-state index is 2.49. The van der Waals surface area contributed by atoms with E-state index >= 15 is 0 Å². The van der Waals surface area contributed by atoms with Crippen molar-refractivity contribution in [3.63, 3.8) is 0 Å². The fourth-order valence-electron chi connectivity index (χ4n) is 3.45. The predicted molar refractivity (Wildman–Crippen MR) is 84.9 cm³/mol. The molecule has 0 nitrogen and oxygen atoms in total. The zero-order valence-corrected chi connectivity index (χ0v) is 14.3. The standard InChI is InChI=1S/C18H38/c1-9-15(6)18(7,8)17(11-3)13-12-16(10-2)14(4)5/h14-17H,9-13H2,1-8H3. The Labute approximate surface area is 117 Å². The third-order valence-electron chi connectivity index (χ3n) is 5.78. The van der Waals surface area contributed by atoms with Crippen molar-refractivity contribution in [3.8, 4) is 0 Å². The highest BCUT2D eigenvalue weighted by Crippen LogP contribution is 2.42. The molecule has 0 heteroatoms. The first kappa shape index (κ1) is 18.0. The Bertz CT molecular complexity index is 202. The van der Waals surface area contributed by atoms with E-state index in [1.165, 1.54) is 32.1 Å². The maximum Gasteiger partial charge on any atom is -0.0300 e. The highest BCUT2D eigenvalue weighted by Gasteiger charge is 2.32. The molecular weight excluding hydrogens is 216 g/mol. The first-order valence-electron chi connectivity index (χ1n) is 8.31. The van der Waals surface area contributed by atoms with Crippen molar-refractivity contribution in [2.75, 3.05) is 0 Å². The van der Waals surface area contributed by atoms with E-state index in [0.717, 1.165) is 23.7 Å². The van der Waals surface area contributed by atoms with E-state index in [-0.39, 0.29) is 0 Å². The Morgan fingerprint density at radius 1 is 0.778 bits per heavy atom. The highest BCUT2D eigenvalue weighted by atomic mass is 14.4. The normalized spacial score (nSPS) is 17.8. The smallest absolute Gasteiger partial charge is 0.0300 e. The lowest BCUT2D eigenvalue weighted by atomic mass is 9.66. The minimum atomic E-state index is 0.499. The van der Waals surface area contributed by atoms with Crippen LogP contribution in [0.3, 0.4) is 0 Å². The van der Waals surface area contributed by atoms with Gasteiger partial charge in [-0.3, -0.25) is 0 Å². The predicted octanol–water partition coefficient (Wildman–Crippen LogP) is 6.55. The summed E-state index contributed by atoms with van der Waals surface area (Å²) in [6, 6.07) is 0. The van der Waals surface area contributed by atoms with Gasteiger partial charge in [-0.05, 0) is 41.9 Å². The molecule has 0 rings (SSSR count). The lowest BCUT2D eigenvalue weighted by Gasteiger charge is -2.40. The van der Waals surface area contributed by atoms with Gasteiger partial charge in [0.2, 0.25) is 0 Å². The van der Waals surface area contributed by atoms with Gasteiger partial charge in [0.15, 0.2) is 0 Å². The lowest BCUT2D eigenvalue weighted by molar-refractivity contribution is 0.101. The first-order chi connectivity index (χ1) is 8.31. The van der Waals surface area contributed by atoms with Crippen molar-refractivity contribution in [1.29, 1.82) is 0 Å². The summed E-state index contributed by atoms with van der Waals surface area (Å²) in [6.07, 6.45) is 6.84. The van der Waals surface area contributed by atoms with Gasteiger partial charge in [0.05, 0.1) is 0 Å². The van der Waals surface area contributed by atoms with Crippen LogP contribution in [0.4, 0.5) is 0 Å². The maximum atomic E-state index is 2.49. The van der Waals surface area contributed by atoms with Crippen molar-refractivity contribution in [3.05, 3.63) is 0 Å². The fourth-order valence-corrected chi connectivity index (χ4v) is 3.45. The van der Waals surface area contributed by atoms with Crippen molar-refractivity contribution < 1.29 is 0 Å². The van der Waals surface area contributed by atoms with Crippen LogP contribution in [0.1, 0.15) is 87.5 Å². The Balaban J connectivity index is 4.51. The zero-order valence-electron chi connectivity index (χ0n) is 14.3. The molecule has 0 aromatic carbocycles. The van der Waals surface area contributed by atoms with E-state index in [0.29, 0.717) is 5.41 Å². The van der Waals surface area contributed by atoms with Gasteiger partial charge in [-0.15, -0.1) is 0 Å². The molecule has 3 atom stereocenters. The molecule has 0 aliphatic heterocycles. The molecule has 18 heavy (non-hydrogen) atoms. The average molecular weight is 255 g/mol. The van der Waals surface area contributed by atoms with Gasteiger partial charge in [0.25, 0.3) is 0 Å². The summed E-state index contributed by atoms with van der Waals surface area (Å²) < 4.78 is 0. The topological polar surface area (TPSA) is 0 Å². The number of hydrogen-bond donors (Lipinski definition) is 0. The van der Waals surface area contributed by atoms with E-state index < -0.39 is 0 Å². The Morgan fingerprint density at radius 3 is 1.67 bits per heavy atom.